The summed E-state index contributed by atoms with van der Waals surface area (Å²) in [4.78, 5) is 21.3. The number of aromatic nitrogens is 4. The smallest absolute Gasteiger partial charge is 0.272 e. The van der Waals surface area contributed by atoms with E-state index in [-0.39, 0.29) is 5.56 Å². The summed E-state index contributed by atoms with van der Waals surface area (Å²) < 4.78 is 1.52. The van der Waals surface area contributed by atoms with E-state index in [2.05, 4.69) is 10.1 Å². The van der Waals surface area contributed by atoms with E-state index in [4.69, 9.17) is 4.98 Å². The second-order valence-electron chi connectivity index (χ2n) is 6.31. The zero-order valence-electron chi connectivity index (χ0n) is 13.0. The van der Waals surface area contributed by atoms with Gasteiger partial charge in [-0.2, -0.15) is 0 Å². The minimum absolute atomic E-state index is 0.0376. The summed E-state index contributed by atoms with van der Waals surface area (Å²) in [5.41, 5.74) is 3.42. The number of H-pyrrole nitrogens is 1. The molecule has 1 fully saturated rings. The molecule has 5 heteroatoms. The highest BCUT2D eigenvalue weighted by Crippen LogP contribution is 2.30. The average molecular weight is 308 g/mol. The molecule has 3 heterocycles. The topological polar surface area (TPSA) is 63.0 Å². The summed E-state index contributed by atoms with van der Waals surface area (Å²) in [7, 11) is 0. The van der Waals surface area contributed by atoms with Gasteiger partial charge >= 0.3 is 0 Å². The highest BCUT2D eigenvalue weighted by molar-refractivity contribution is 5.63. The van der Waals surface area contributed by atoms with Gasteiger partial charge < -0.3 is 0 Å². The molecule has 0 radical (unpaired) electrons. The molecule has 4 rings (SSSR count). The lowest BCUT2D eigenvalue weighted by molar-refractivity contribution is 0.576. The fourth-order valence-electron chi connectivity index (χ4n) is 3.46. The van der Waals surface area contributed by atoms with E-state index in [1.54, 1.807) is 18.5 Å². The summed E-state index contributed by atoms with van der Waals surface area (Å²) in [6.07, 6.45) is 10.9. The van der Waals surface area contributed by atoms with Crippen LogP contribution in [0, 0.1) is 0 Å². The monoisotopic (exact) mass is 308 g/mol. The number of aromatic amines is 1. The summed E-state index contributed by atoms with van der Waals surface area (Å²) >= 11 is 0. The number of nitrogens with zero attached hydrogens (tertiary/aromatic N) is 3. The molecule has 118 valence electrons. The van der Waals surface area contributed by atoms with Gasteiger partial charge in [-0.25, -0.2) is 9.50 Å². The van der Waals surface area contributed by atoms with Crippen molar-refractivity contribution in [2.24, 2.45) is 0 Å². The highest BCUT2D eigenvalue weighted by Gasteiger charge is 2.18. The fraction of sp³-hybridized carbons (Fsp3) is 0.389. The molecular weight excluding hydrogens is 288 g/mol. The van der Waals surface area contributed by atoms with Crippen LogP contribution in [-0.2, 0) is 0 Å². The van der Waals surface area contributed by atoms with E-state index in [0.29, 0.717) is 11.6 Å². The molecule has 1 aliphatic rings. The maximum atomic E-state index is 12.4. The van der Waals surface area contributed by atoms with Crippen LogP contribution >= 0.6 is 0 Å². The Balaban J connectivity index is 1.76. The Labute approximate surface area is 134 Å². The molecule has 0 saturated heterocycles. The molecule has 0 atom stereocenters. The lowest BCUT2D eigenvalue weighted by atomic mass is 9.96. The van der Waals surface area contributed by atoms with Crippen LogP contribution in [0.1, 0.15) is 50.1 Å². The van der Waals surface area contributed by atoms with Gasteiger partial charge in [0.15, 0.2) is 5.65 Å². The van der Waals surface area contributed by atoms with Gasteiger partial charge in [0.1, 0.15) is 0 Å². The third-order valence-corrected chi connectivity index (χ3v) is 4.72. The number of hydrogen-bond acceptors (Lipinski definition) is 3. The first-order chi connectivity index (χ1) is 11.3. The van der Waals surface area contributed by atoms with Crippen LogP contribution in [0.2, 0.25) is 0 Å². The van der Waals surface area contributed by atoms with Crippen LogP contribution < -0.4 is 5.56 Å². The minimum Gasteiger partial charge on any atom is -0.289 e. The molecule has 0 spiro atoms. The lowest BCUT2D eigenvalue weighted by Gasteiger charge is -2.12. The van der Waals surface area contributed by atoms with Crippen LogP contribution in [0.5, 0.6) is 0 Å². The summed E-state index contributed by atoms with van der Waals surface area (Å²) in [5, 5.41) is 3.12. The van der Waals surface area contributed by atoms with Crippen molar-refractivity contribution in [3.05, 3.63) is 52.7 Å². The third-order valence-electron chi connectivity index (χ3n) is 4.72. The Morgan fingerprint density at radius 2 is 1.96 bits per heavy atom. The van der Waals surface area contributed by atoms with Crippen LogP contribution in [0.25, 0.3) is 16.9 Å². The molecule has 5 nitrogen and oxygen atoms in total. The van der Waals surface area contributed by atoms with E-state index in [1.165, 1.54) is 30.2 Å². The molecule has 3 aromatic heterocycles. The zero-order valence-corrected chi connectivity index (χ0v) is 13.0. The van der Waals surface area contributed by atoms with E-state index >= 15 is 0 Å². The molecule has 1 aliphatic carbocycles. The number of hydrogen-bond donors (Lipinski definition) is 1. The second kappa shape index (κ2) is 5.99. The van der Waals surface area contributed by atoms with Crippen LogP contribution in [0.3, 0.4) is 0 Å². The maximum absolute atomic E-state index is 12.4. The van der Waals surface area contributed by atoms with Crippen molar-refractivity contribution in [1.82, 2.24) is 19.6 Å². The van der Waals surface area contributed by atoms with Gasteiger partial charge in [0, 0.05) is 36.0 Å². The standard InChI is InChI=1S/C18H20N4O/c23-18-11-15(13-6-3-1-2-4-7-13)20-17-10-16(21-22(17)18)14-8-5-9-19-12-14/h5,8-13,21H,1-4,6-7H2. The first-order valence-electron chi connectivity index (χ1n) is 8.34. The van der Waals surface area contributed by atoms with Gasteiger partial charge in [-0.3, -0.25) is 14.9 Å². The lowest BCUT2D eigenvalue weighted by Crippen LogP contribution is -2.17. The van der Waals surface area contributed by atoms with E-state index < -0.39 is 0 Å². The zero-order chi connectivity index (χ0) is 15.6. The van der Waals surface area contributed by atoms with Crippen LogP contribution in [0.4, 0.5) is 0 Å². The molecule has 0 aromatic carbocycles. The quantitative estimate of drug-likeness (QED) is 0.737. The normalized spacial score (nSPS) is 16.5. The maximum Gasteiger partial charge on any atom is 0.272 e. The molecular formula is C18H20N4O. The van der Waals surface area contributed by atoms with Crippen molar-refractivity contribution in [1.29, 1.82) is 0 Å². The second-order valence-corrected chi connectivity index (χ2v) is 6.31. The minimum atomic E-state index is -0.0376. The Morgan fingerprint density at radius 3 is 2.70 bits per heavy atom. The van der Waals surface area contributed by atoms with Crippen LogP contribution in [0.15, 0.2) is 41.5 Å². The summed E-state index contributed by atoms with van der Waals surface area (Å²) in [6.45, 7) is 0. The third kappa shape index (κ3) is 2.79. The van der Waals surface area contributed by atoms with Gasteiger partial charge in [0.2, 0.25) is 0 Å². The Hall–Kier alpha value is -2.43. The Bertz CT molecular complexity index is 858. The number of rotatable bonds is 2. The van der Waals surface area contributed by atoms with Gasteiger partial charge in [0.25, 0.3) is 5.56 Å². The predicted molar refractivity (Wildman–Crippen MR) is 89.5 cm³/mol. The largest absolute Gasteiger partial charge is 0.289 e. The molecule has 1 N–H and O–H groups in total. The van der Waals surface area contributed by atoms with Crippen molar-refractivity contribution in [2.75, 3.05) is 0 Å². The van der Waals surface area contributed by atoms with Gasteiger partial charge in [-0.05, 0) is 25.0 Å². The molecule has 0 amide bonds. The SMILES string of the molecule is O=c1cc(C2CCCCCC2)nc2cc(-c3cccnc3)[nH]n12. The number of fused-ring (bicyclic) bond motifs is 1. The van der Waals surface area contributed by atoms with Crippen molar-refractivity contribution < 1.29 is 0 Å². The molecule has 3 aromatic rings. The molecule has 1 saturated carbocycles. The van der Waals surface area contributed by atoms with Gasteiger partial charge in [0.05, 0.1) is 11.4 Å². The van der Waals surface area contributed by atoms with Crippen LogP contribution in [-0.4, -0.2) is 19.6 Å². The molecule has 23 heavy (non-hydrogen) atoms. The van der Waals surface area contributed by atoms with Crippen molar-refractivity contribution in [2.45, 2.75) is 44.4 Å². The van der Waals surface area contributed by atoms with Crippen molar-refractivity contribution in [3.8, 4) is 11.3 Å². The summed E-state index contributed by atoms with van der Waals surface area (Å²) in [5.74, 6) is 0.423. The van der Waals surface area contributed by atoms with Gasteiger partial charge in [-0.1, -0.05) is 25.7 Å². The van der Waals surface area contributed by atoms with Crippen molar-refractivity contribution in [3.63, 3.8) is 0 Å². The average Bonchev–Trinajstić information content (AvgIpc) is 2.83. The van der Waals surface area contributed by atoms with E-state index in [0.717, 1.165) is 29.8 Å². The van der Waals surface area contributed by atoms with Gasteiger partial charge in [-0.15, -0.1) is 0 Å². The highest BCUT2D eigenvalue weighted by atomic mass is 16.1. The fourth-order valence-corrected chi connectivity index (χ4v) is 3.46. The summed E-state index contributed by atoms with van der Waals surface area (Å²) in [6, 6.07) is 7.48. The van der Waals surface area contributed by atoms with E-state index in [1.807, 2.05) is 18.2 Å². The predicted octanol–water partition coefficient (Wildman–Crippen LogP) is 3.52. The molecule has 0 aliphatic heterocycles. The first kappa shape index (κ1) is 14.2. The van der Waals surface area contributed by atoms with E-state index in [9.17, 15) is 4.79 Å². The number of nitrogens with one attached hydrogen (secondary N) is 1. The number of pyridine rings is 1. The molecule has 0 unspecified atom stereocenters. The van der Waals surface area contributed by atoms with Crippen molar-refractivity contribution >= 4 is 5.65 Å². The molecule has 0 bridgehead atoms. The first-order valence-corrected chi connectivity index (χ1v) is 8.34. The Morgan fingerprint density at radius 1 is 1.13 bits per heavy atom. The Kier molecular flexibility index (Phi) is 3.69.